The molecule has 4 aliphatic heterocycles. The molecule has 0 saturated carbocycles. The molecule has 59 heavy (non-hydrogen) atoms. The van der Waals surface area contributed by atoms with Crippen molar-refractivity contribution >= 4 is 47.0 Å². The third-order valence-corrected chi connectivity index (χ3v) is 15.1. The van der Waals surface area contributed by atoms with Crippen molar-refractivity contribution < 1.29 is 0 Å². The lowest BCUT2D eigenvalue weighted by atomic mass is 10.0. The molecule has 8 heteroatoms. The fourth-order valence-electron chi connectivity index (χ4n) is 6.41. The number of unbranched alkanes of at least 4 members (excludes halogenated alkanes) is 6. The Hall–Kier alpha value is -1.48. The normalized spacial score (nSPS) is 11.9. The Morgan fingerprint density at radius 1 is 0.373 bits per heavy atom. The second-order valence-corrected chi connectivity index (χ2v) is 17.5. The number of allylic oxidation sites excluding steroid dienone is 2. The van der Waals surface area contributed by atoms with Crippen LogP contribution < -0.4 is 21.4 Å². The topological polar surface area (TPSA) is 49.4 Å². The molecular formula is C51H104N4S4. The second-order valence-electron chi connectivity index (χ2n) is 12.9. The zero-order valence-corrected chi connectivity index (χ0v) is 32.6. The summed E-state index contributed by atoms with van der Waals surface area (Å²) >= 11 is 7.86. The summed E-state index contributed by atoms with van der Waals surface area (Å²) in [5.41, 5.74) is 8.62. The Morgan fingerprint density at radius 2 is 0.627 bits per heavy atom. The summed E-state index contributed by atoms with van der Waals surface area (Å²) in [6.07, 6.45) is 14.8. The van der Waals surface area contributed by atoms with Crippen molar-refractivity contribution in [2.45, 2.75) is 249 Å². The van der Waals surface area contributed by atoms with E-state index in [1.807, 2.05) is 47.0 Å². The number of fused-ring (bicyclic) bond motifs is 4. The number of benzene rings is 2. The number of hydrogen-bond acceptors (Lipinski definition) is 8. The Labute approximate surface area is 389 Å². The molecule has 0 aromatic heterocycles. The molecule has 0 spiro atoms. The Balaban J connectivity index is -0.0000000994. The predicted molar refractivity (Wildman–Crippen MR) is 289 cm³/mol. The van der Waals surface area contributed by atoms with Gasteiger partial charge >= 0.3 is 0 Å². The third kappa shape index (κ3) is 17.3. The molecule has 0 fully saturated rings. The minimum absolute atomic E-state index is 0. The summed E-state index contributed by atoms with van der Waals surface area (Å²) < 4.78 is 2.90. The van der Waals surface area contributed by atoms with E-state index in [4.69, 9.17) is 20.0 Å². The van der Waals surface area contributed by atoms with Gasteiger partial charge in [0.25, 0.3) is 0 Å². The third-order valence-electron chi connectivity index (χ3n) is 8.88. The summed E-state index contributed by atoms with van der Waals surface area (Å²) in [6.45, 7) is 19.2. The lowest BCUT2D eigenvalue weighted by molar-refractivity contribution is 0.627. The molecule has 0 bridgehead atoms. The summed E-state index contributed by atoms with van der Waals surface area (Å²) in [5.74, 6) is 0. The average Bonchev–Trinajstić information content (AvgIpc) is 3.86. The molecule has 0 atom stereocenters. The smallest absolute Gasteiger partial charge is 0.130 e. The quantitative estimate of drug-likeness (QED) is 0.199. The zero-order valence-electron chi connectivity index (χ0n) is 29.3. The predicted octanol–water partition coefficient (Wildman–Crippen LogP) is 18.3. The van der Waals surface area contributed by atoms with Crippen LogP contribution in [0.25, 0.3) is 0 Å². The number of hydrogen-bond donors (Lipinski definition) is 0. The van der Waals surface area contributed by atoms with Crippen molar-refractivity contribution in [1.82, 2.24) is 0 Å². The highest BCUT2D eigenvalue weighted by Gasteiger charge is 2.29. The van der Waals surface area contributed by atoms with Crippen molar-refractivity contribution in [3.63, 3.8) is 0 Å². The summed E-state index contributed by atoms with van der Waals surface area (Å²) in [6, 6.07) is 0. The summed E-state index contributed by atoms with van der Waals surface area (Å²) in [4.78, 5) is 24.8. The molecule has 4 aliphatic rings. The summed E-state index contributed by atoms with van der Waals surface area (Å²) in [5, 5.41) is 4.80. The van der Waals surface area contributed by atoms with E-state index in [1.165, 1.54) is 134 Å². The standard InChI is InChI=1S/C20H28N2S2.C18H24N2S2.13CH4/c1-5-7-8-9-10-11-15-17-16(21-12-22-17)14(6-2)18-19(15)24-20(23-18)13(3)4;1-5-7-8-9-13-15-14(19-10-20-15)12(6-2)16-17(13)22-18(21-16)11(3)4;;;;;;;;;;;;;/h5-12H2,1-4H3;5-10H2,1-4H3;13*1H4. The highest BCUT2D eigenvalue weighted by molar-refractivity contribution is 8.25. The maximum absolute atomic E-state index is 4.76. The van der Waals surface area contributed by atoms with Crippen molar-refractivity contribution in [2.75, 3.05) is 13.3 Å². The minimum atomic E-state index is 0. The second kappa shape index (κ2) is 37.1. The van der Waals surface area contributed by atoms with Crippen LogP contribution in [-0.4, -0.2) is 13.3 Å². The van der Waals surface area contributed by atoms with Crippen molar-refractivity contribution in [3.8, 4) is 0 Å². The van der Waals surface area contributed by atoms with Gasteiger partial charge in [0.05, 0.1) is 21.4 Å². The van der Waals surface area contributed by atoms with E-state index in [9.17, 15) is 0 Å². The first-order valence-electron chi connectivity index (χ1n) is 17.5. The van der Waals surface area contributed by atoms with E-state index in [1.54, 1.807) is 0 Å². The minimum Gasteiger partial charge on any atom is -0.259 e. The van der Waals surface area contributed by atoms with Crippen molar-refractivity contribution in [3.05, 3.63) is 63.3 Å². The van der Waals surface area contributed by atoms with Gasteiger partial charge in [0.1, 0.15) is 13.3 Å². The molecule has 4 nitrogen and oxygen atoms in total. The van der Waals surface area contributed by atoms with Crippen LogP contribution in [0.15, 0.2) is 59.2 Å². The first-order chi connectivity index (χ1) is 22.3. The van der Waals surface area contributed by atoms with Gasteiger partial charge in [-0.1, -0.05) is 221 Å². The van der Waals surface area contributed by atoms with Crippen LogP contribution in [0.2, 0.25) is 0 Å². The van der Waals surface area contributed by atoms with Crippen LogP contribution in [0.1, 0.15) is 226 Å². The lowest BCUT2D eigenvalue weighted by Gasteiger charge is -2.11. The first-order valence-corrected chi connectivity index (χ1v) is 20.8. The van der Waals surface area contributed by atoms with Gasteiger partial charge < -0.3 is 0 Å². The van der Waals surface area contributed by atoms with Crippen LogP contribution in [0.5, 0.6) is 0 Å². The molecule has 0 unspecified atom stereocenters. The molecule has 0 saturated heterocycles. The highest BCUT2D eigenvalue weighted by atomic mass is 32.2. The van der Waals surface area contributed by atoms with E-state index in [0.29, 0.717) is 13.3 Å². The molecule has 2 aromatic rings. The summed E-state index contributed by atoms with van der Waals surface area (Å²) in [7, 11) is 0. The SMILES string of the molecule is C.C.C.C.C.C.C.C.C.C.C.C.C.CCCCCCCc1c2c(c(CC)c3c1=NCN=3)SC(=C(C)C)S2.CCCCCc1c2c(c(CC)c3c1=NCN=3)SC(=C(C)C)S2. The van der Waals surface area contributed by atoms with Crippen LogP contribution in [0.3, 0.4) is 0 Å². The molecule has 6 rings (SSSR count). The van der Waals surface area contributed by atoms with Gasteiger partial charge in [0, 0.05) is 28.1 Å². The van der Waals surface area contributed by atoms with Crippen molar-refractivity contribution in [2.24, 2.45) is 20.0 Å². The first kappa shape index (κ1) is 78.1. The number of rotatable bonds is 12. The van der Waals surface area contributed by atoms with Crippen LogP contribution in [0, 0.1) is 0 Å². The number of nitrogens with zero attached hydrogens (tertiary/aromatic N) is 4. The molecule has 4 heterocycles. The fourth-order valence-corrected chi connectivity index (χ4v) is 12.0. The molecule has 0 N–H and O–H groups in total. The van der Waals surface area contributed by atoms with Crippen LogP contribution >= 0.6 is 47.0 Å². The van der Waals surface area contributed by atoms with Crippen LogP contribution in [0.4, 0.5) is 0 Å². The van der Waals surface area contributed by atoms with E-state index >= 15 is 0 Å². The van der Waals surface area contributed by atoms with Gasteiger partial charge in [-0.05, 0) is 88.5 Å². The van der Waals surface area contributed by atoms with Crippen molar-refractivity contribution in [1.29, 1.82) is 0 Å². The molecule has 352 valence electrons. The van der Waals surface area contributed by atoms with Gasteiger partial charge in [0.15, 0.2) is 0 Å². The molecule has 0 radical (unpaired) electrons. The molecule has 2 aromatic carbocycles. The Morgan fingerprint density at radius 3 is 0.915 bits per heavy atom. The molecular weight excluding hydrogens is 797 g/mol. The van der Waals surface area contributed by atoms with E-state index < -0.39 is 0 Å². The van der Waals surface area contributed by atoms with Gasteiger partial charge in [-0.3, -0.25) is 20.0 Å². The average molecular weight is 902 g/mol. The largest absolute Gasteiger partial charge is 0.259 e. The number of thioether (sulfide) groups is 4. The Kier molecular flexibility index (Phi) is 49.1. The maximum Gasteiger partial charge on any atom is 0.130 e. The monoisotopic (exact) mass is 901 g/mol. The van der Waals surface area contributed by atoms with Crippen LogP contribution in [-0.2, 0) is 25.7 Å². The maximum atomic E-state index is 4.76. The van der Waals surface area contributed by atoms with Gasteiger partial charge in [-0.2, -0.15) is 0 Å². The van der Waals surface area contributed by atoms with E-state index in [-0.39, 0.29) is 96.5 Å². The Bertz CT molecular complexity index is 1780. The fraction of sp³-hybridized carbons (Fsp3) is 0.686. The van der Waals surface area contributed by atoms with Gasteiger partial charge in [-0.15, -0.1) is 0 Å². The molecule has 0 aliphatic carbocycles. The van der Waals surface area contributed by atoms with Gasteiger partial charge in [-0.25, -0.2) is 0 Å². The molecule has 0 amide bonds. The lowest BCUT2D eigenvalue weighted by Crippen LogP contribution is -2.31. The van der Waals surface area contributed by atoms with E-state index in [2.05, 4.69) is 55.4 Å². The highest BCUT2D eigenvalue weighted by Crippen LogP contribution is 2.55. The van der Waals surface area contributed by atoms with E-state index in [0.717, 1.165) is 25.7 Å². The van der Waals surface area contributed by atoms with Gasteiger partial charge in [0.2, 0.25) is 0 Å². The zero-order chi connectivity index (χ0) is 32.8.